The van der Waals surface area contributed by atoms with Crippen LogP contribution in [-0.2, 0) is 26.5 Å². The molecule has 0 aliphatic carbocycles. The van der Waals surface area contributed by atoms with Crippen molar-refractivity contribution in [2.45, 2.75) is 26.2 Å². The summed E-state index contributed by atoms with van der Waals surface area (Å²) in [7, 11) is 0. The number of hydrogen-bond acceptors (Lipinski definition) is 6. The van der Waals surface area contributed by atoms with E-state index < -0.39 is 0 Å². The largest absolute Gasteiger partial charge is 2.00 e. The fourth-order valence-electron chi connectivity index (χ4n) is 7.05. The Kier molecular flexibility index (Phi) is 7.46. The topological polar surface area (TPSA) is 61.6 Å². The fraction of sp³-hybridized carbons (Fsp3) is 0.0909. The van der Waals surface area contributed by atoms with E-state index in [2.05, 4.69) is 84.8 Å². The van der Waals surface area contributed by atoms with Crippen LogP contribution in [0.4, 0.5) is 17.1 Å². The predicted molar refractivity (Wildman–Crippen MR) is 200 cm³/mol. The molecule has 0 amide bonds. The summed E-state index contributed by atoms with van der Waals surface area (Å²) in [6, 6.07) is 45.5. The molecule has 52 heavy (non-hydrogen) atoms. The van der Waals surface area contributed by atoms with E-state index in [9.17, 15) is 0 Å². The van der Waals surface area contributed by atoms with Gasteiger partial charge in [-0.25, -0.2) is 4.98 Å². The second kappa shape index (κ2) is 12.1. The van der Waals surface area contributed by atoms with E-state index in [1.807, 2.05) is 79.0 Å². The summed E-state index contributed by atoms with van der Waals surface area (Å²) >= 11 is 0. The molecule has 8 heteroatoms. The summed E-state index contributed by atoms with van der Waals surface area (Å²) in [5, 5.41) is 2.16. The third-order valence-electron chi connectivity index (χ3n) is 9.49. The Morgan fingerprint density at radius 3 is 2.13 bits per heavy atom. The second-order valence-electron chi connectivity index (χ2n) is 13.7. The zero-order chi connectivity index (χ0) is 34.3. The maximum Gasteiger partial charge on any atom is 2.00 e. The Bertz CT molecular complexity index is 2670. The number of pyridine rings is 2. The molecule has 2 aliphatic heterocycles. The molecule has 10 rings (SSSR count). The van der Waals surface area contributed by atoms with Crippen molar-refractivity contribution in [3.8, 4) is 51.6 Å². The molecule has 0 unspecified atom stereocenters. The molecule has 7 nitrogen and oxygen atoms in total. The number of hydrogen-bond donors (Lipinski definition) is 0. The van der Waals surface area contributed by atoms with Crippen molar-refractivity contribution in [2.75, 3.05) is 4.90 Å². The van der Waals surface area contributed by atoms with Crippen molar-refractivity contribution >= 4 is 38.9 Å². The van der Waals surface area contributed by atoms with Crippen molar-refractivity contribution in [2.24, 2.45) is 0 Å². The van der Waals surface area contributed by atoms with Crippen LogP contribution in [0.2, 0.25) is 0 Å². The summed E-state index contributed by atoms with van der Waals surface area (Å²) < 4.78 is 22.3. The molecule has 0 spiro atoms. The molecule has 0 N–H and O–H groups in total. The molecule has 0 fully saturated rings. The van der Waals surface area contributed by atoms with E-state index >= 15 is 0 Å². The van der Waals surface area contributed by atoms with Crippen molar-refractivity contribution in [1.29, 1.82) is 0 Å². The molecule has 0 saturated heterocycles. The van der Waals surface area contributed by atoms with Gasteiger partial charge in [-0.1, -0.05) is 92.5 Å². The minimum Gasteiger partial charge on any atom is -0.499 e. The van der Waals surface area contributed by atoms with Crippen LogP contribution in [0.3, 0.4) is 0 Å². The van der Waals surface area contributed by atoms with Gasteiger partial charge in [0.25, 0.3) is 0 Å². The monoisotopic (exact) mass is 857 g/mol. The molecule has 0 atom stereocenters. The smallest absolute Gasteiger partial charge is 0.499 e. The number of fused-ring (bicyclic) bond motifs is 7. The minimum atomic E-state index is -0.0415. The quantitative estimate of drug-likeness (QED) is 0.164. The summed E-state index contributed by atoms with van der Waals surface area (Å²) in [6.45, 7) is 6.63. The molecule has 3 aromatic heterocycles. The number of anilines is 3. The average Bonchev–Trinajstić information content (AvgIpc) is 3.49. The Hall–Kier alpha value is -5.91. The van der Waals surface area contributed by atoms with Crippen molar-refractivity contribution < 1.29 is 35.3 Å². The SMILES string of the molecule is CC(C)(C)c1ccnc(-n2c3[c-]c(Oc4[c-]c(-c5ccccn5)c5c6c4Oc4ccccc4N6c4ccccc4O5)ccc3c3ccccc32)c1.[Pt+2]. The Morgan fingerprint density at radius 2 is 1.38 bits per heavy atom. The predicted octanol–water partition coefficient (Wildman–Crippen LogP) is 11.6. The van der Waals surface area contributed by atoms with Crippen LogP contribution >= 0.6 is 0 Å². The maximum atomic E-state index is 6.81. The van der Waals surface area contributed by atoms with Gasteiger partial charge in [-0.3, -0.25) is 0 Å². The number of rotatable bonds is 4. The summed E-state index contributed by atoms with van der Waals surface area (Å²) in [6.07, 6.45) is 3.64. The molecule has 8 aromatic rings. The van der Waals surface area contributed by atoms with Crippen LogP contribution < -0.4 is 19.1 Å². The first-order chi connectivity index (χ1) is 24.9. The summed E-state index contributed by atoms with van der Waals surface area (Å²) in [4.78, 5) is 11.7. The first kappa shape index (κ1) is 32.0. The van der Waals surface area contributed by atoms with Gasteiger partial charge in [0, 0.05) is 23.7 Å². The van der Waals surface area contributed by atoms with Crippen LogP contribution in [0.5, 0.6) is 34.5 Å². The first-order valence-corrected chi connectivity index (χ1v) is 16.9. The van der Waals surface area contributed by atoms with E-state index in [4.69, 9.17) is 24.2 Å². The fourth-order valence-corrected chi connectivity index (χ4v) is 7.05. The number of para-hydroxylation sites is 5. The average molecular weight is 858 g/mol. The third-order valence-corrected chi connectivity index (χ3v) is 9.49. The Balaban J connectivity index is 0.00000360. The van der Waals surface area contributed by atoms with E-state index in [0.717, 1.165) is 50.4 Å². The molecule has 2 aliphatic rings. The standard InChI is InChI=1S/C44H30N4O3.Pt/c1-44(2,3)27-21-23-46-40(24-27)47-33-14-5-4-12-29(33)30-20-19-28(25-36(30)47)49-39-26-31(32-13-10-11-22-45-32)42-41-43(39)51-38-18-9-7-16-35(38)48(41)34-15-6-8-17-37(34)50-42;/h4-24H,1-3H3;/q-2;+2. The summed E-state index contributed by atoms with van der Waals surface area (Å²) in [5.74, 6) is 4.22. The van der Waals surface area contributed by atoms with Gasteiger partial charge in [-0.15, -0.1) is 17.5 Å². The number of aromatic nitrogens is 3. The van der Waals surface area contributed by atoms with Crippen LogP contribution in [0.1, 0.15) is 26.3 Å². The number of ether oxygens (including phenoxy) is 3. The molecule has 0 saturated carbocycles. The molecule has 0 bridgehead atoms. The minimum absolute atomic E-state index is 0. The molecule has 254 valence electrons. The molecular formula is C44H30N4O3Pt. The zero-order valence-electron chi connectivity index (χ0n) is 28.5. The van der Waals surface area contributed by atoms with Crippen molar-refractivity contribution in [3.05, 3.63) is 145 Å². The molecule has 0 radical (unpaired) electrons. The van der Waals surface area contributed by atoms with Gasteiger partial charge in [-0.2, -0.15) is 6.07 Å². The second-order valence-corrected chi connectivity index (χ2v) is 13.7. The van der Waals surface area contributed by atoms with E-state index in [1.54, 1.807) is 6.20 Å². The van der Waals surface area contributed by atoms with Gasteiger partial charge in [0.15, 0.2) is 0 Å². The van der Waals surface area contributed by atoms with Crippen LogP contribution in [-0.4, -0.2) is 14.5 Å². The zero-order valence-corrected chi connectivity index (χ0v) is 30.7. The Morgan fingerprint density at radius 1 is 0.673 bits per heavy atom. The van der Waals surface area contributed by atoms with Gasteiger partial charge in [0.05, 0.1) is 28.6 Å². The summed E-state index contributed by atoms with van der Waals surface area (Å²) in [5.41, 5.74) is 6.92. The first-order valence-electron chi connectivity index (χ1n) is 16.9. The maximum absolute atomic E-state index is 6.81. The van der Waals surface area contributed by atoms with E-state index in [0.29, 0.717) is 40.0 Å². The van der Waals surface area contributed by atoms with Crippen molar-refractivity contribution in [1.82, 2.24) is 14.5 Å². The van der Waals surface area contributed by atoms with Crippen LogP contribution in [0.25, 0.3) is 38.9 Å². The van der Waals surface area contributed by atoms with E-state index in [1.165, 1.54) is 5.56 Å². The van der Waals surface area contributed by atoms with Gasteiger partial charge in [-0.05, 0) is 70.6 Å². The van der Waals surface area contributed by atoms with Crippen LogP contribution in [0, 0.1) is 12.1 Å². The van der Waals surface area contributed by atoms with Crippen molar-refractivity contribution in [3.63, 3.8) is 0 Å². The molecular weight excluding hydrogens is 828 g/mol. The number of nitrogens with zero attached hydrogens (tertiary/aromatic N) is 4. The van der Waals surface area contributed by atoms with Gasteiger partial charge >= 0.3 is 21.1 Å². The van der Waals surface area contributed by atoms with Crippen LogP contribution in [0.15, 0.2) is 128 Å². The Labute approximate surface area is 315 Å². The number of benzene rings is 5. The van der Waals surface area contributed by atoms with Gasteiger partial charge < -0.3 is 28.7 Å². The van der Waals surface area contributed by atoms with Gasteiger partial charge in [0.2, 0.25) is 0 Å². The normalized spacial score (nSPS) is 12.6. The van der Waals surface area contributed by atoms with Gasteiger partial charge in [0.1, 0.15) is 23.1 Å². The molecule has 5 heterocycles. The third kappa shape index (κ3) is 4.99. The molecule has 5 aromatic carbocycles. The van der Waals surface area contributed by atoms with E-state index in [-0.39, 0.29) is 26.5 Å².